The fourth-order valence-corrected chi connectivity index (χ4v) is 5.10. The van der Waals surface area contributed by atoms with Gasteiger partial charge in [0.25, 0.3) is 5.91 Å². The molecular formula is C31H28N2O2S. The van der Waals surface area contributed by atoms with E-state index in [0.717, 1.165) is 39.8 Å². The van der Waals surface area contributed by atoms with Gasteiger partial charge in [0.05, 0.1) is 23.7 Å². The van der Waals surface area contributed by atoms with E-state index < -0.39 is 0 Å². The van der Waals surface area contributed by atoms with Gasteiger partial charge in [-0.1, -0.05) is 85.3 Å². The van der Waals surface area contributed by atoms with Crippen molar-refractivity contribution in [2.24, 2.45) is 4.99 Å². The van der Waals surface area contributed by atoms with Gasteiger partial charge in [0.2, 0.25) is 0 Å². The van der Waals surface area contributed by atoms with Crippen LogP contribution in [0, 0.1) is 6.92 Å². The predicted octanol–water partition coefficient (Wildman–Crippen LogP) is 7.74. The molecule has 1 aliphatic rings. The highest BCUT2D eigenvalue weighted by Gasteiger charge is 2.34. The zero-order valence-corrected chi connectivity index (χ0v) is 21.3. The first-order chi connectivity index (χ1) is 17.6. The second-order valence-corrected chi connectivity index (χ2v) is 9.77. The standard InChI is InChI=1S/C31H28N2O2S/c1-3-19-35-28-18-15-24-11-7-8-12-26(24)27(28)20-29-30(34)33(21-23-9-5-4-6-10-23)31(36-29)32-25-16-13-22(2)14-17-25/h4-18,20H,3,19,21H2,1-2H3/b29-20+,32-31?. The Bertz CT molecular complexity index is 1440. The highest BCUT2D eigenvalue weighted by atomic mass is 32.2. The van der Waals surface area contributed by atoms with Crippen molar-refractivity contribution < 1.29 is 9.53 Å². The number of aliphatic imine (C=N–C) groups is 1. The summed E-state index contributed by atoms with van der Waals surface area (Å²) in [5.74, 6) is 0.735. The van der Waals surface area contributed by atoms with Gasteiger partial charge in [0.15, 0.2) is 5.17 Å². The summed E-state index contributed by atoms with van der Waals surface area (Å²) in [7, 11) is 0. The maximum absolute atomic E-state index is 13.7. The number of carbonyl (C=O) groups is 1. The average molecular weight is 493 g/mol. The summed E-state index contributed by atoms with van der Waals surface area (Å²) in [5, 5.41) is 2.85. The quantitative estimate of drug-likeness (QED) is 0.248. The van der Waals surface area contributed by atoms with Crippen LogP contribution in [0.5, 0.6) is 5.75 Å². The molecule has 1 aliphatic heterocycles. The molecule has 1 heterocycles. The zero-order valence-electron chi connectivity index (χ0n) is 20.5. The summed E-state index contributed by atoms with van der Waals surface area (Å²) in [6.07, 6.45) is 2.88. The Kier molecular flexibility index (Phi) is 7.19. The number of amides is 1. The van der Waals surface area contributed by atoms with E-state index in [2.05, 4.69) is 32.0 Å². The highest BCUT2D eigenvalue weighted by Crippen LogP contribution is 2.38. The maximum atomic E-state index is 13.7. The fourth-order valence-electron chi connectivity index (χ4n) is 4.12. The summed E-state index contributed by atoms with van der Waals surface area (Å²) >= 11 is 1.41. The van der Waals surface area contributed by atoms with Crippen LogP contribution in [-0.4, -0.2) is 22.6 Å². The van der Waals surface area contributed by atoms with Crippen molar-refractivity contribution >= 4 is 45.4 Å². The molecule has 4 aromatic rings. The Labute approximate surface area is 216 Å². The molecule has 1 saturated heterocycles. The van der Waals surface area contributed by atoms with Crippen molar-refractivity contribution in [2.75, 3.05) is 6.61 Å². The maximum Gasteiger partial charge on any atom is 0.267 e. The summed E-state index contributed by atoms with van der Waals surface area (Å²) in [4.78, 5) is 21.0. The first kappa shape index (κ1) is 23.9. The Balaban J connectivity index is 1.58. The van der Waals surface area contributed by atoms with Crippen LogP contribution < -0.4 is 4.74 Å². The molecule has 0 aliphatic carbocycles. The zero-order chi connectivity index (χ0) is 24.9. The van der Waals surface area contributed by atoms with Gasteiger partial charge in [-0.15, -0.1) is 0 Å². The highest BCUT2D eigenvalue weighted by molar-refractivity contribution is 8.18. The summed E-state index contributed by atoms with van der Waals surface area (Å²) in [6.45, 7) is 5.22. The third-order valence-electron chi connectivity index (χ3n) is 6.00. The van der Waals surface area contributed by atoms with Gasteiger partial charge in [-0.25, -0.2) is 4.99 Å². The van der Waals surface area contributed by atoms with Crippen LogP contribution in [0.3, 0.4) is 0 Å². The van der Waals surface area contributed by atoms with E-state index in [1.54, 1.807) is 4.90 Å². The number of hydrogen-bond acceptors (Lipinski definition) is 4. The van der Waals surface area contributed by atoms with Crippen LogP contribution in [0.15, 0.2) is 101 Å². The summed E-state index contributed by atoms with van der Waals surface area (Å²) in [5.41, 5.74) is 3.98. The third kappa shape index (κ3) is 5.21. The second kappa shape index (κ2) is 10.8. The van der Waals surface area contributed by atoms with Crippen molar-refractivity contribution in [3.8, 4) is 5.75 Å². The average Bonchev–Trinajstić information content (AvgIpc) is 3.19. The van der Waals surface area contributed by atoms with Crippen molar-refractivity contribution in [3.05, 3.63) is 113 Å². The smallest absolute Gasteiger partial charge is 0.267 e. The molecule has 4 nitrogen and oxygen atoms in total. The first-order valence-corrected chi connectivity index (χ1v) is 13.0. The number of amidine groups is 1. The Morgan fingerprint density at radius 3 is 2.44 bits per heavy atom. The Hall–Kier alpha value is -3.83. The van der Waals surface area contributed by atoms with Crippen LogP contribution in [0.2, 0.25) is 0 Å². The van der Waals surface area contributed by atoms with Crippen LogP contribution in [0.25, 0.3) is 16.8 Å². The Morgan fingerprint density at radius 2 is 1.67 bits per heavy atom. The minimum Gasteiger partial charge on any atom is -0.493 e. The number of benzene rings is 4. The number of ether oxygens (including phenoxy) is 1. The number of nitrogens with zero attached hydrogens (tertiary/aromatic N) is 2. The molecular weight excluding hydrogens is 464 g/mol. The molecule has 0 saturated carbocycles. The van der Waals surface area contributed by atoms with Crippen molar-refractivity contribution in [2.45, 2.75) is 26.8 Å². The van der Waals surface area contributed by atoms with E-state index in [0.29, 0.717) is 23.2 Å². The second-order valence-electron chi connectivity index (χ2n) is 8.76. The van der Waals surface area contributed by atoms with E-state index in [4.69, 9.17) is 9.73 Å². The SMILES string of the molecule is CCCOc1ccc2ccccc2c1/C=C1/SC(=Nc2ccc(C)cc2)N(Cc2ccccc2)C1=O. The van der Waals surface area contributed by atoms with Crippen molar-refractivity contribution in [1.82, 2.24) is 4.90 Å². The number of thioether (sulfide) groups is 1. The monoisotopic (exact) mass is 492 g/mol. The molecule has 0 radical (unpaired) electrons. The van der Waals surface area contributed by atoms with Gasteiger partial charge in [-0.05, 0) is 65.7 Å². The number of rotatable bonds is 7. The number of aryl methyl sites for hydroxylation is 1. The molecule has 0 unspecified atom stereocenters. The minimum atomic E-state index is -0.0518. The number of carbonyl (C=O) groups excluding carboxylic acids is 1. The molecule has 36 heavy (non-hydrogen) atoms. The van der Waals surface area contributed by atoms with Crippen LogP contribution in [-0.2, 0) is 11.3 Å². The largest absolute Gasteiger partial charge is 0.493 e. The summed E-state index contributed by atoms with van der Waals surface area (Å²) in [6, 6.07) is 30.3. The Morgan fingerprint density at radius 1 is 0.917 bits per heavy atom. The molecule has 5 heteroatoms. The van der Waals surface area contributed by atoms with E-state index in [1.165, 1.54) is 17.3 Å². The molecule has 180 valence electrons. The van der Waals surface area contributed by atoms with E-state index in [-0.39, 0.29) is 5.91 Å². The van der Waals surface area contributed by atoms with Crippen LogP contribution >= 0.6 is 11.8 Å². The fraction of sp³-hybridized carbons (Fsp3) is 0.161. The van der Waals surface area contributed by atoms with Gasteiger partial charge >= 0.3 is 0 Å². The first-order valence-electron chi connectivity index (χ1n) is 12.2. The van der Waals surface area contributed by atoms with Crippen LogP contribution in [0.1, 0.15) is 30.0 Å². The topological polar surface area (TPSA) is 41.9 Å². The lowest BCUT2D eigenvalue weighted by Gasteiger charge is -2.16. The van der Waals surface area contributed by atoms with E-state index in [9.17, 15) is 4.79 Å². The lowest BCUT2D eigenvalue weighted by atomic mass is 10.0. The summed E-state index contributed by atoms with van der Waals surface area (Å²) < 4.78 is 6.09. The van der Waals surface area contributed by atoms with E-state index >= 15 is 0 Å². The lowest BCUT2D eigenvalue weighted by Crippen LogP contribution is -2.28. The molecule has 0 aromatic heterocycles. The normalized spacial score (nSPS) is 15.8. The van der Waals surface area contributed by atoms with Gasteiger partial charge in [0.1, 0.15) is 5.75 Å². The molecule has 0 bridgehead atoms. The number of fused-ring (bicyclic) bond motifs is 1. The molecule has 0 spiro atoms. The molecule has 1 amide bonds. The van der Waals surface area contributed by atoms with Crippen molar-refractivity contribution in [3.63, 3.8) is 0 Å². The van der Waals surface area contributed by atoms with Gasteiger partial charge in [-0.3, -0.25) is 9.69 Å². The molecule has 0 N–H and O–H groups in total. The minimum absolute atomic E-state index is 0.0518. The van der Waals surface area contributed by atoms with Gasteiger partial charge in [-0.2, -0.15) is 0 Å². The molecule has 1 fully saturated rings. The van der Waals surface area contributed by atoms with Gasteiger partial charge in [0, 0.05) is 5.56 Å². The number of hydrogen-bond donors (Lipinski definition) is 0. The predicted molar refractivity (Wildman–Crippen MR) is 151 cm³/mol. The van der Waals surface area contributed by atoms with E-state index in [1.807, 2.05) is 78.9 Å². The lowest BCUT2D eigenvalue weighted by molar-refractivity contribution is -0.122. The van der Waals surface area contributed by atoms with Gasteiger partial charge < -0.3 is 4.74 Å². The van der Waals surface area contributed by atoms with Crippen molar-refractivity contribution in [1.29, 1.82) is 0 Å². The van der Waals surface area contributed by atoms with Crippen LogP contribution in [0.4, 0.5) is 5.69 Å². The molecule has 5 rings (SSSR count). The molecule has 4 aromatic carbocycles. The molecule has 0 atom stereocenters. The third-order valence-corrected chi connectivity index (χ3v) is 7.00.